The molecule has 0 saturated carbocycles. The van der Waals surface area contributed by atoms with Gasteiger partial charge in [-0.1, -0.05) is 29.4 Å². The van der Waals surface area contributed by atoms with E-state index < -0.39 is 0 Å². The number of benzene rings is 2. The first-order chi connectivity index (χ1) is 14.0. The Morgan fingerprint density at radius 1 is 1.17 bits per heavy atom. The highest BCUT2D eigenvalue weighted by molar-refractivity contribution is 5.79. The average molecular weight is 386 g/mol. The molecule has 146 valence electrons. The lowest BCUT2D eigenvalue weighted by Crippen LogP contribution is -2.08. The maximum atomic E-state index is 9.45. The van der Waals surface area contributed by atoms with Crippen molar-refractivity contribution in [3.05, 3.63) is 59.2 Å². The molecule has 0 atom stereocenters. The lowest BCUT2D eigenvalue weighted by molar-refractivity contribution is 0.242. The van der Waals surface area contributed by atoms with Gasteiger partial charge in [0, 0.05) is 36.5 Å². The molecule has 0 amide bonds. The molecule has 6 heteroatoms. The number of hydrogen-bond donors (Lipinski definition) is 0. The summed E-state index contributed by atoms with van der Waals surface area (Å²) in [6.45, 7) is 3.85. The van der Waals surface area contributed by atoms with Crippen LogP contribution in [0.2, 0.25) is 0 Å². The van der Waals surface area contributed by atoms with Crippen molar-refractivity contribution in [3.63, 3.8) is 0 Å². The zero-order valence-corrected chi connectivity index (χ0v) is 16.9. The summed E-state index contributed by atoms with van der Waals surface area (Å²) >= 11 is 0. The van der Waals surface area contributed by atoms with E-state index in [0.29, 0.717) is 28.6 Å². The molecule has 4 rings (SSSR count). The molecule has 0 radical (unpaired) electrons. The van der Waals surface area contributed by atoms with Gasteiger partial charge in [-0.2, -0.15) is 10.2 Å². The average Bonchev–Trinajstić information content (AvgIpc) is 3.35. The van der Waals surface area contributed by atoms with E-state index in [2.05, 4.69) is 33.3 Å². The molecule has 0 spiro atoms. The SMILES string of the molecule is CC(C)Oc1ccc(-c2nc(-c3cccc4c3CC=C4N(C)C)no2)cc1C#N. The van der Waals surface area contributed by atoms with Crippen LogP contribution in [0.4, 0.5) is 0 Å². The van der Waals surface area contributed by atoms with Gasteiger partial charge in [0.25, 0.3) is 5.89 Å². The third kappa shape index (κ3) is 3.47. The predicted octanol–water partition coefficient (Wildman–Crippen LogP) is 4.52. The summed E-state index contributed by atoms with van der Waals surface area (Å²) in [7, 11) is 4.08. The van der Waals surface area contributed by atoms with Crippen LogP contribution >= 0.6 is 0 Å². The van der Waals surface area contributed by atoms with Gasteiger partial charge in [0.15, 0.2) is 0 Å². The number of nitriles is 1. The fourth-order valence-corrected chi connectivity index (χ4v) is 3.55. The summed E-state index contributed by atoms with van der Waals surface area (Å²) in [6.07, 6.45) is 3.04. The highest BCUT2D eigenvalue weighted by Crippen LogP contribution is 2.36. The van der Waals surface area contributed by atoms with Gasteiger partial charge >= 0.3 is 0 Å². The van der Waals surface area contributed by atoms with Crippen LogP contribution in [0.3, 0.4) is 0 Å². The van der Waals surface area contributed by atoms with E-state index in [1.54, 1.807) is 12.1 Å². The fraction of sp³-hybridized carbons (Fsp3) is 0.261. The number of hydrogen-bond acceptors (Lipinski definition) is 6. The van der Waals surface area contributed by atoms with Crippen molar-refractivity contribution in [3.8, 4) is 34.7 Å². The van der Waals surface area contributed by atoms with Crippen LogP contribution in [0, 0.1) is 11.3 Å². The molecule has 0 unspecified atom stereocenters. The van der Waals surface area contributed by atoms with Gasteiger partial charge in [-0.3, -0.25) is 0 Å². The molecule has 29 heavy (non-hydrogen) atoms. The minimum absolute atomic E-state index is 0.0104. The Morgan fingerprint density at radius 2 is 1.97 bits per heavy atom. The fourth-order valence-electron chi connectivity index (χ4n) is 3.55. The Bertz CT molecular complexity index is 1140. The Kier molecular flexibility index (Phi) is 4.81. The van der Waals surface area contributed by atoms with E-state index in [1.165, 1.54) is 16.8 Å². The molecule has 1 aromatic heterocycles. The minimum atomic E-state index is -0.0104. The summed E-state index contributed by atoms with van der Waals surface area (Å²) in [5.74, 6) is 1.48. The van der Waals surface area contributed by atoms with E-state index in [1.807, 2.05) is 46.1 Å². The summed E-state index contributed by atoms with van der Waals surface area (Å²) < 4.78 is 11.2. The van der Waals surface area contributed by atoms with E-state index >= 15 is 0 Å². The van der Waals surface area contributed by atoms with Gasteiger partial charge in [0.05, 0.1) is 11.7 Å². The predicted molar refractivity (Wildman–Crippen MR) is 111 cm³/mol. The first-order valence-electron chi connectivity index (χ1n) is 9.53. The summed E-state index contributed by atoms with van der Waals surface area (Å²) in [6, 6.07) is 13.6. The number of fused-ring (bicyclic) bond motifs is 1. The number of ether oxygens (including phenoxy) is 1. The monoisotopic (exact) mass is 386 g/mol. The normalized spacial score (nSPS) is 12.5. The molecule has 6 nitrogen and oxygen atoms in total. The maximum Gasteiger partial charge on any atom is 0.258 e. The molecular weight excluding hydrogens is 364 g/mol. The molecule has 1 aliphatic carbocycles. The van der Waals surface area contributed by atoms with Gasteiger partial charge in [0.1, 0.15) is 11.8 Å². The molecule has 0 saturated heterocycles. The molecule has 0 N–H and O–H groups in total. The van der Waals surface area contributed by atoms with Crippen LogP contribution in [0.25, 0.3) is 28.5 Å². The van der Waals surface area contributed by atoms with Crippen molar-refractivity contribution in [2.75, 3.05) is 14.1 Å². The van der Waals surface area contributed by atoms with E-state index in [0.717, 1.165) is 12.0 Å². The lowest BCUT2D eigenvalue weighted by atomic mass is 10.0. The van der Waals surface area contributed by atoms with Gasteiger partial charge in [0.2, 0.25) is 5.82 Å². The Labute approximate surface area is 170 Å². The number of nitrogens with zero attached hydrogens (tertiary/aromatic N) is 4. The molecular formula is C23H22N4O2. The van der Waals surface area contributed by atoms with Crippen molar-refractivity contribution in [2.45, 2.75) is 26.4 Å². The summed E-state index contributed by atoms with van der Waals surface area (Å²) in [5.41, 5.74) is 5.69. The largest absolute Gasteiger partial charge is 0.490 e. The van der Waals surface area contributed by atoms with Crippen molar-refractivity contribution in [1.29, 1.82) is 5.26 Å². The van der Waals surface area contributed by atoms with E-state index in [-0.39, 0.29) is 6.10 Å². The summed E-state index contributed by atoms with van der Waals surface area (Å²) in [4.78, 5) is 6.71. The first-order valence-corrected chi connectivity index (χ1v) is 9.53. The van der Waals surface area contributed by atoms with Gasteiger partial charge in [-0.05, 0) is 44.0 Å². The topological polar surface area (TPSA) is 75.2 Å². The van der Waals surface area contributed by atoms with E-state index in [4.69, 9.17) is 9.26 Å². The van der Waals surface area contributed by atoms with Crippen LogP contribution in [-0.2, 0) is 6.42 Å². The molecule has 0 fully saturated rings. The number of rotatable bonds is 5. The molecule has 1 heterocycles. The first kappa shape index (κ1) is 18.8. The second-order valence-corrected chi connectivity index (χ2v) is 7.43. The minimum Gasteiger partial charge on any atom is -0.490 e. The van der Waals surface area contributed by atoms with Crippen LogP contribution in [-0.4, -0.2) is 35.2 Å². The lowest BCUT2D eigenvalue weighted by Gasteiger charge is -2.15. The highest BCUT2D eigenvalue weighted by atomic mass is 16.5. The summed E-state index contributed by atoms with van der Waals surface area (Å²) in [5, 5.41) is 13.7. The Hall–Kier alpha value is -3.59. The molecule has 0 bridgehead atoms. The second-order valence-electron chi connectivity index (χ2n) is 7.43. The maximum absolute atomic E-state index is 9.45. The van der Waals surface area contributed by atoms with Crippen molar-refractivity contribution in [2.24, 2.45) is 0 Å². The second kappa shape index (κ2) is 7.44. The van der Waals surface area contributed by atoms with Crippen molar-refractivity contribution >= 4 is 5.70 Å². The quantitative estimate of drug-likeness (QED) is 0.642. The highest BCUT2D eigenvalue weighted by Gasteiger charge is 2.22. The van der Waals surface area contributed by atoms with Gasteiger partial charge in [-0.25, -0.2) is 0 Å². The number of allylic oxidation sites excluding steroid dienone is 1. The van der Waals surface area contributed by atoms with Crippen LogP contribution in [0.15, 0.2) is 47.0 Å². The standard InChI is InChI=1S/C23H22N4O2/c1-14(2)28-21-11-8-15(12-16(21)13-24)23-25-22(26-29-23)19-7-5-6-18-17(19)9-10-20(18)27(3)4/h5-8,10-12,14H,9H2,1-4H3. The van der Waals surface area contributed by atoms with Gasteiger partial charge in [-0.15, -0.1) is 0 Å². The number of aromatic nitrogens is 2. The molecule has 0 aliphatic heterocycles. The molecule has 2 aromatic carbocycles. The van der Waals surface area contributed by atoms with Gasteiger partial charge < -0.3 is 14.2 Å². The Morgan fingerprint density at radius 3 is 2.69 bits per heavy atom. The van der Waals surface area contributed by atoms with Crippen LogP contribution < -0.4 is 4.74 Å². The van der Waals surface area contributed by atoms with E-state index in [9.17, 15) is 5.26 Å². The third-order valence-electron chi connectivity index (χ3n) is 4.81. The molecule has 1 aliphatic rings. The Balaban J connectivity index is 1.68. The van der Waals surface area contributed by atoms with Crippen molar-refractivity contribution < 1.29 is 9.26 Å². The zero-order valence-electron chi connectivity index (χ0n) is 16.9. The van der Waals surface area contributed by atoms with Crippen LogP contribution in [0.5, 0.6) is 5.75 Å². The smallest absolute Gasteiger partial charge is 0.258 e. The van der Waals surface area contributed by atoms with Crippen molar-refractivity contribution in [1.82, 2.24) is 15.0 Å². The molecule has 3 aromatic rings. The third-order valence-corrected chi connectivity index (χ3v) is 4.81. The van der Waals surface area contributed by atoms with Crippen LogP contribution in [0.1, 0.15) is 30.5 Å². The zero-order chi connectivity index (χ0) is 20.5.